The monoisotopic (exact) mass is 311 g/mol. The average Bonchev–Trinajstić information content (AvgIpc) is 2.42. The van der Waals surface area contributed by atoms with Crippen molar-refractivity contribution in [2.45, 2.75) is 13.5 Å². The second-order valence-corrected chi connectivity index (χ2v) is 4.88. The van der Waals surface area contributed by atoms with Gasteiger partial charge in [-0.2, -0.15) is 0 Å². The molecule has 6 heteroatoms. The Morgan fingerprint density at radius 2 is 2.05 bits per heavy atom. The highest BCUT2D eigenvalue weighted by Gasteiger charge is 2.17. The molecule has 0 aliphatic carbocycles. The second kappa shape index (κ2) is 6.10. The Kier molecular flexibility index (Phi) is 4.43. The van der Waals surface area contributed by atoms with Crippen LogP contribution in [0.3, 0.4) is 0 Å². The van der Waals surface area contributed by atoms with Crippen molar-refractivity contribution in [1.29, 1.82) is 0 Å². The molecule has 0 amide bonds. The number of rotatable bonds is 3. The predicted molar refractivity (Wildman–Crippen MR) is 76.1 cm³/mol. The zero-order chi connectivity index (χ0) is 15.6. The molecule has 0 aliphatic rings. The van der Waals surface area contributed by atoms with E-state index >= 15 is 0 Å². The van der Waals surface area contributed by atoms with E-state index in [1.54, 1.807) is 0 Å². The van der Waals surface area contributed by atoms with E-state index in [2.05, 4.69) is 0 Å². The summed E-state index contributed by atoms with van der Waals surface area (Å²) in [5, 5.41) is 0.132. The highest BCUT2D eigenvalue weighted by Crippen LogP contribution is 2.22. The van der Waals surface area contributed by atoms with Crippen LogP contribution in [-0.2, 0) is 11.3 Å². The van der Waals surface area contributed by atoms with E-state index in [0.29, 0.717) is 0 Å². The van der Waals surface area contributed by atoms with Crippen molar-refractivity contribution in [1.82, 2.24) is 0 Å². The molecule has 2 rings (SSSR count). The third kappa shape index (κ3) is 3.31. The zero-order valence-electron chi connectivity index (χ0n) is 11.1. The van der Waals surface area contributed by atoms with Crippen molar-refractivity contribution in [2.75, 3.05) is 5.73 Å². The first kappa shape index (κ1) is 15.3. The zero-order valence-corrected chi connectivity index (χ0v) is 11.9. The number of aryl methyl sites for hydroxylation is 1. The summed E-state index contributed by atoms with van der Waals surface area (Å²) >= 11 is 5.82. The molecule has 0 radical (unpaired) electrons. The van der Waals surface area contributed by atoms with Gasteiger partial charge in [0.05, 0.1) is 10.6 Å². The number of esters is 1. The SMILES string of the molecule is Cc1cc(N)cc(C(=O)OCc2c(F)cccc2Cl)c1F. The van der Waals surface area contributed by atoms with Crippen LogP contribution in [0.5, 0.6) is 0 Å². The van der Waals surface area contributed by atoms with E-state index in [-0.39, 0.29) is 27.4 Å². The van der Waals surface area contributed by atoms with Crippen LogP contribution in [-0.4, -0.2) is 5.97 Å². The molecule has 0 aliphatic heterocycles. The molecule has 2 aromatic rings. The lowest BCUT2D eigenvalue weighted by atomic mass is 10.1. The average molecular weight is 312 g/mol. The highest BCUT2D eigenvalue weighted by atomic mass is 35.5. The molecule has 2 aromatic carbocycles. The van der Waals surface area contributed by atoms with E-state index in [9.17, 15) is 13.6 Å². The van der Waals surface area contributed by atoms with Gasteiger partial charge in [-0.3, -0.25) is 0 Å². The molecule has 0 saturated carbocycles. The summed E-state index contributed by atoms with van der Waals surface area (Å²) in [7, 11) is 0. The highest BCUT2D eigenvalue weighted by molar-refractivity contribution is 6.31. The predicted octanol–water partition coefficient (Wildman–Crippen LogP) is 3.87. The molecule has 21 heavy (non-hydrogen) atoms. The van der Waals surface area contributed by atoms with Crippen molar-refractivity contribution in [2.24, 2.45) is 0 Å². The standard InChI is InChI=1S/C15H12ClF2NO2/c1-8-5-9(19)6-10(14(8)18)15(20)21-7-11-12(16)3-2-4-13(11)17/h2-6H,7,19H2,1H3. The summed E-state index contributed by atoms with van der Waals surface area (Å²) in [6, 6.07) is 6.68. The molecule has 0 unspecified atom stereocenters. The van der Waals surface area contributed by atoms with E-state index < -0.39 is 24.2 Å². The lowest BCUT2D eigenvalue weighted by molar-refractivity contribution is 0.0463. The molecule has 0 fully saturated rings. The van der Waals surface area contributed by atoms with Gasteiger partial charge < -0.3 is 10.5 Å². The molecule has 0 atom stereocenters. The first-order chi connectivity index (χ1) is 9.90. The summed E-state index contributed by atoms with van der Waals surface area (Å²) in [6.45, 7) is 1.09. The van der Waals surface area contributed by atoms with Crippen LogP contribution >= 0.6 is 11.6 Å². The van der Waals surface area contributed by atoms with Crippen LogP contribution in [0, 0.1) is 18.6 Å². The number of hydrogen-bond acceptors (Lipinski definition) is 3. The fourth-order valence-electron chi connectivity index (χ4n) is 1.83. The third-order valence-corrected chi connectivity index (χ3v) is 3.26. The first-order valence-corrected chi connectivity index (χ1v) is 6.43. The molecule has 2 N–H and O–H groups in total. The number of benzene rings is 2. The summed E-state index contributed by atoms with van der Waals surface area (Å²) in [5.41, 5.74) is 5.78. The summed E-state index contributed by atoms with van der Waals surface area (Å²) in [4.78, 5) is 11.9. The summed E-state index contributed by atoms with van der Waals surface area (Å²) in [5.74, 6) is -2.24. The summed E-state index contributed by atoms with van der Waals surface area (Å²) in [6.07, 6.45) is 0. The first-order valence-electron chi connectivity index (χ1n) is 6.05. The Hall–Kier alpha value is -2.14. The topological polar surface area (TPSA) is 52.3 Å². The normalized spacial score (nSPS) is 10.5. The van der Waals surface area contributed by atoms with Crippen LogP contribution < -0.4 is 5.73 Å². The Balaban J connectivity index is 2.20. The molecule has 0 bridgehead atoms. The van der Waals surface area contributed by atoms with Crippen molar-refractivity contribution in [3.63, 3.8) is 0 Å². The van der Waals surface area contributed by atoms with Crippen LogP contribution in [0.2, 0.25) is 5.02 Å². The van der Waals surface area contributed by atoms with Gasteiger partial charge in [0.15, 0.2) is 0 Å². The van der Waals surface area contributed by atoms with Crippen LogP contribution in [0.4, 0.5) is 14.5 Å². The number of halogens is 3. The number of hydrogen-bond donors (Lipinski definition) is 1. The molecular weight excluding hydrogens is 300 g/mol. The van der Waals surface area contributed by atoms with Gasteiger partial charge in [-0.05, 0) is 36.8 Å². The molecule has 0 spiro atoms. The van der Waals surface area contributed by atoms with Gasteiger partial charge in [0, 0.05) is 11.3 Å². The molecule has 3 nitrogen and oxygen atoms in total. The number of carbonyl (C=O) groups is 1. The van der Waals surface area contributed by atoms with Gasteiger partial charge in [0.25, 0.3) is 0 Å². The van der Waals surface area contributed by atoms with Gasteiger partial charge in [-0.25, -0.2) is 13.6 Å². The Bertz CT molecular complexity index is 684. The molecular formula is C15H12ClF2NO2. The number of nitrogens with two attached hydrogens (primary N) is 1. The largest absolute Gasteiger partial charge is 0.457 e. The second-order valence-electron chi connectivity index (χ2n) is 4.48. The Labute approximate surface area is 125 Å². The number of anilines is 1. The lowest BCUT2D eigenvalue weighted by Crippen LogP contribution is -2.10. The van der Waals surface area contributed by atoms with Gasteiger partial charge >= 0.3 is 5.97 Å². The summed E-state index contributed by atoms with van der Waals surface area (Å²) < 4.78 is 32.3. The van der Waals surface area contributed by atoms with Crippen LogP contribution in [0.1, 0.15) is 21.5 Å². The fourth-order valence-corrected chi connectivity index (χ4v) is 2.05. The van der Waals surface area contributed by atoms with Gasteiger partial charge in [0.1, 0.15) is 18.2 Å². The van der Waals surface area contributed by atoms with Crippen molar-refractivity contribution >= 4 is 23.3 Å². The van der Waals surface area contributed by atoms with E-state index in [4.69, 9.17) is 22.1 Å². The Morgan fingerprint density at radius 1 is 1.33 bits per heavy atom. The number of nitrogen functional groups attached to an aromatic ring is 1. The minimum absolute atomic E-state index is 0.0357. The number of ether oxygens (including phenoxy) is 1. The smallest absolute Gasteiger partial charge is 0.341 e. The third-order valence-electron chi connectivity index (χ3n) is 2.91. The molecule has 0 aromatic heterocycles. The van der Waals surface area contributed by atoms with Crippen molar-refractivity contribution in [3.8, 4) is 0 Å². The maximum Gasteiger partial charge on any atom is 0.341 e. The van der Waals surface area contributed by atoms with Crippen molar-refractivity contribution in [3.05, 3.63) is 63.7 Å². The van der Waals surface area contributed by atoms with Crippen molar-refractivity contribution < 1.29 is 18.3 Å². The van der Waals surface area contributed by atoms with E-state index in [0.717, 1.165) is 0 Å². The minimum atomic E-state index is -0.929. The van der Waals surface area contributed by atoms with E-state index in [1.807, 2.05) is 0 Å². The minimum Gasteiger partial charge on any atom is -0.457 e. The van der Waals surface area contributed by atoms with Crippen LogP contribution in [0.15, 0.2) is 30.3 Å². The number of carbonyl (C=O) groups excluding carboxylic acids is 1. The molecule has 0 saturated heterocycles. The van der Waals surface area contributed by atoms with Gasteiger partial charge in [0.2, 0.25) is 0 Å². The lowest BCUT2D eigenvalue weighted by Gasteiger charge is -2.09. The van der Waals surface area contributed by atoms with Gasteiger partial charge in [-0.1, -0.05) is 17.7 Å². The Morgan fingerprint density at radius 3 is 2.71 bits per heavy atom. The fraction of sp³-hybridized carbons (Fsp3) is 0.133. The van der Waals surface area contributed by atoms with Gasteiger partial charge in [-0.15, -0.1) is 0 Å². The molecule has 0 heterocycles. The maximum absolute atomic E-state index is 13.9. The quantitative estimate of drug-likeness (QED) is 0.691. The maximum atomic E-state index is 13.9. The molecule has 110 valence electrons. The van der Waals surface area contributed by atoms with Crippen LogP contribution in [0.25, 0.3) is 0 Å². The van der Waals surface area contributed by atoms with E-state index in [1.165, 1.54) is 37.3 Å².